The number of sulfonamides is 1. The van der Waals surface area contributed by atoms with Crippen LogP contribution < -0.4 is 10.5 Å². The van der Waals surface area contributed by atoms with Crippen molar-refractivity contribution in [3.05, 3.63) is 29.8 Å². The minimum absolute atomic E-state index is 0.00261. The Hall–Kier alpha value is -2.00. The van der Waals surface area contributed by atoms with Gasteiger partial charge in [-0.2, -0.15) is 5.10 Å². The zero-order valence-electron chi connectivity index (χ0n) is 11.9. The van der Waals surface area contributed by atoms with Crippen molar-refractivity contribution in [3.63, 3.8) is 0 Å². The van der Waals surface area contributed by atoms with E-state index in [-0.39, 0.29) is 10.8 Å². The fourth-order valence-electron chi connectivity index (χ4n) is 1.88. The molecule has 0 amide bonds. The molecule has 2 aromatic rings. The van der Waals surface area contributed by atoms with Crippen molar-refractivity contribution in [1.29, 1.82) is 0 Å². The number of aromatic nitrogens is 4. The number of rotatable bonds is 6. The second-order valence-corrected chi connectivity index (χ2v) is 6.45. The van der Waals surface area contributed by atoms with Crippen LogP contribution in [0.5, 0.6) is 0 Å². The second-order valence-electron chi connectivity index (χ2n) is 4.68. The van der Waals surface area contributed by atoms with Gasteiger partial charge in [-0.1, -0.05) is 0 Å². The Labute approximate surface area is 123 Å². The lowest BCUT2D eigenvalue weighted by molar-refractivity contribution is 0.544. The minimum Gasteiger partial charge on any atom is -0.368 e. The molecular weight excluding hydrogens is 292 g/mol. The average molecular weight is 310 g/mol. The highest BCUT2D eigenvalue weighted by Gasteiger charge is 2.14. The van der Waals surface area contributed by atoms with E-state index in [1.54, 1.807) is 0 Å². The highest BCUT2D eigenvalue weighted by Crippen LogP contribution is 2.06. The van der Waals surface area contributed by atoms with Crippen LogP contribution in [0.25, 0.3) is 0 Å². The van der Waals surface area contributed by atoms with Crippen molar-refractivity contribution < 1.29 is 8.42 Å². The monoisotopic (exact) mass is 310 g/mol. The van der Waals surface area contributed by atoms with Gasteiger partial charge in [0, 0.05) is 18.8 Å². The normalized spacial score (nSPS) is 11.7. The van der Waals surface area contributed by atoms with Crippen molar-refractivity contribution in [3.8, 4) is 0 Å². The molecule has 0 atom stereocenters. The van der Waals surface area contributed by atoms with E-state index in [2.05, 4.69) is 19.8 Å². The molecule has 0 aliphatic heterocycles. The van der Waals surface area contributed by atoms with E-state index >= 15 is 0 Å². The van der Waals surface area contributed by atoms with E-state index in [0.717, 1.165) is 11.4 Å². The molecule has 0 aromatic carbocycles. The predicted molar refractivity (Wildman–Crippen MR) is 78.0 cm³/mol. The zero-order chi connectivity index (χ0) is 15.5. The molecule has 8 nitrogen and oxygen atoms in total. The van der Waals surface area contributed by atoms with Crippen molar-refractivity contribution in [1.82, 2.24) is 24.5 Å². The van der Waals surface area contributed by atoms with E-state index in [0.29, 0.717) is 19.5 Å². The number of hydrogen-bond acceptors (Lipinski definition) is 6. The summed E-state index contributed by atoms with van der Waals surface area (Å²) in [4.78, 5) is 7.34. The summed E-state index contributed by atoms with van der Waals surface area (Å²) >= 11 is 0. The van der Waals surface area contributed by atoms with E-state index < -0.39 is 10.0 Å². The van der Waals surface area contributed by atoms with Crippen LogP contribution in [0.15, 0.2) is 23.4 Å². The number of nitrogen functional groups attached to an aromatic ring is 1. The van der Waals surface area contributed by atoms with Crippen LogP contribution in [0.2, 0.25) is 0 Å². The number of hydrogen-bond donors (Lipinski definition) is 2. The van der Waals surface area contributed by atoms with Gasteiger partial charge in [0.15, 0.2) is 0 Å². The zero-order valence-corrected chi connectivity index (χ0v) is 12.8. The molecule has 0 spiro atoms. The number of nitrogens with one attached hydrogen (secondary N) is 1. The summed E-state index contributed by atoms with van der Waals surface area (Å²) < 4.78 is 28.3. The molecule has 0 saturated heterocycles. The smallest absolute Gasteiger partial charge is 0.243 e. The topological polar surface area (TPSA) is 116 Å². The molecular formula is C12H18N6O2S. The van der Waals surface area contributed by atoms with E-state index in [9.17, 15) is 8.42 Å². The maximum absolute atomic E-state index is 12.0. The van der Waals surface area contributed by atoms with Gasteiger partial charge in [-0.25, -0.2) is 23.1 Å². The van der Waals surface area contributed by atoms with E-state index in [4.69, 9.17) is 5.73 Å². The Morgan fingerprint density at radius 3 is 2.52 bits per heavy atom. The van der Waals surface area contributed by atoms with Crippen molar-refractivity contribution in [2.75, 3.05) is 12.3 Å². The number of aryl methyl sites for hydroxylation is 3. The fraction of sp³-hybridized carbons (Fsp3) is 0.417. The molecule has 0 saturated carbocycles. The van der Waals surface area contributed by atoms with Gasteiger partial charge < -0.3 is 5.73 Å². The first-order valence-corrected chi connectivity index (χ1v) is 7.95. The third-order valence-corrected chi connectivity index (χ3v) is 4.32. The van der Waals surface area contributed by atoms with E-state index in [1.165, 1.54) is 12.4 Å². The molecule has 0 bridgehead atoms. The molecule has 2 heterocycles. The highest BCUT2D eigenvalue weighted by molar-refractivity contribution is 7.89. The van der Waals surface area contributed by atoms with Crippen molar-refractivity contribution in [2.24, 2.45) is 0 Å². The molecule has 0 aliphatic carbocycles. The van der Waals surface area contributed by atoms with Crippen LogP contribution in [-0.2, 0) is 16.6 Å². The van der Waals surface area contributed by atoms with Crippen LogP contribution in [0.1, 0.15) is 17.8 Å². The van der Waals surface area contributed by atoms with Gasteiger partial charge in [-0.05, 0) is 26.3 Å². The van der Waals surface area contributed by atoms with Crippen molar-refractivity contribution >= 4 is 16.0 Å². The number of anilines is 1. The summed E-state index contributed by atoms with van der Waals surface area (Å²) in [6.07, 6.45) is 3.01. The third kappa shape index (κ3) is 3.99. The lowest BCUT2D eigenvalue weighted by Gasteiger charge is -2.07. The summed E-state index contributed by atoms with van der Waals surface area (Å²) in [6.45, 7) is 4.86. The Morgan fingerprint density at radius 2 is 1.95 bits per heavy atom. The Balaban J connectivity index is 1.88. The van der Waals surface area contributed by atoms with Gasteiger partial charge in [0.05, 0.1) is 18.1 Å². The largest absolute Gasteiger partial charge is 0.368 e. The quantitative estimate of drug-likeness (QED) is 0.738. The number of nitrogens with zero attached hydrogens (tertiary/aromatic N) is 4. The van der Waals surface area contributed by atoms with Crippen LogP contribution in [0, 0.1) is 13.8 Å². The summed E-state index contributed by atoms with van der Waals surface area (Å²) in [6, 6.07) is 1.98. The molecule has 9 heteroatoms. The fourth-order valence-corrected chi connectivity index (χ4v) is 2.85. The standard InChI is InChI=1S/C12H18N6O2S/c1-9-6-10(2)18(17-9)5-3-4-16-21(19,20)11-7-14-12(13)15-8-11/h6-8,16H,3-5H2,1-2H3,(H2,13,14,15). The van der Waals surface area contributed by atoms with Gasteiger partial charge in [0.25, 0.3) is 0 Å². The van der Waals surface area contributed by atoms with Gasteiger partial charge in [0.1, 0.15) is 4.90 Å². The molecule has 114 valence electrons. The predicted octanol–water partition coefficient (Wildman–Crippen LogP) is 0.241. The average Bonchev–Trinajstić information content (AvgIpc) is 2.74. The van der Waals surface area contributed by atoms with Gasteiger partial charge >= 0.3 is 0 Å². The molecule has 2 aromatic heterocycles. The first kappa shape index (κ1) is 15.4. The Morgan fingerprint density at radius 1 is 1.29 bits per heavy atom. The maximum Gasteiger partial charge on any atom is 0.243 e. The Bertz CT molecular complexity index is 708. The molecule has 0 radical (unpaired) electrons. The van der Waals surface area contributed by atoms with Crippen LogP contribution in [0.4, 0.5) is 5.95 Å². The minimum atomic E-state index is -3.60. The molecule has 2 rings (SSSR count). The lowest BCUT2D eigenvalue weighted by atomic mass is 10.4. The summed E-state index contributed by atoms with van der Waals surface area (Å²) in [5, 5.41) is 4.32. The molecule has 0 unspecified atom stereocenters. The summed E-state index contributed by atoms with van der Waals surface area (Å²) in [5.41, 5.74) is 7.33. The van der Waals surface area contributed by atoms with Gasteiger partial charge in [-0.3, -0.25) is 4.68 Å². The van der Waals surface area contributed by atoms with Crippen LogP contribution >= 0.6 is 0 Å². The molecule has 21 heavy (non-hydrogen) atoms. The van der Waals surface area contributed by atoms with Gasteiger partial charge in [-0.15, -0.1) is 0 Å². The lowest BCUT2D eigenvalue weighted by Crippen LogP contribution is -2.26. The SMILES string of the molecule is Cc1cc(C)n(CCCNS(=O)(=O)c2cnc(N)nc2)n1. The maximum atomic E-state index is 12.0. The van der Waals surface area contributed by atoms with E-state index in [1.807, 2.05) is 24.6 Å². The second kappa shape index (κ2) is 6.19. The number of nitrogens with two attached hydrogens (primary N) is 1. The summed E-state index contributed by atoms with van der Waals surface area (Å²) in [7, 11) is -3.60. The highest BCUT2D eigenvalue weighted by atomic mass is 32.2. The first-order valence-electron chi connectivity index (χ1n) is 6.47. The first-order chi connectivity index (χ1) is 9.88. The van der Waals surface area contributed by atoms with Crippen LogP contribution in [-0.4, -0.2) is 34.7 Å². The summed E-state index contributed by atoms with van der Waals surface area (Å²) in [5.74, 6) is 0.0403. The molecule has 3 N–H and O–H groups in total. The van der Waals surface area contributed by atoms with Crippen LogP contribution in [0.3, 0.4) is 0 Å². The molecule has 0 aliphatic rings. The van der Waals surface area contributed by atoms with Crippen molar-refractivity contribution in [2.45, 2.75) is 31.7 Å². The van der Waals surface area contributed by atoms with Gasteiger partial charge in [0.2, 0.25) is 16.0 Å². The molecule has 0 fully saturated rings. The third-order valence-electron chi connectivity index (χ3n) is 2.90. The Kier molecular flexibility index (Phi) is 4.53.